The van der Waals surface area contributed by atoms with Crippen molar-refractivity contribution in [1.82, 2.24) is 0 Å². The molecule has 0 aliphatic heterocycles. The molecule has 76 valence electrons. The molecule has 0 unspecified atom stereocenters. The first-order valence-electron chi connectivity index (χ1n) is 4.95. The van der Waals surface area contributed by atoms with Crippen molar-refractivity contribution in [3.8, 4) is 0 Å². The number of allylic oxidation sites excluding steroid dienone is 2. The standard InChI is InChI=1S/C14H14S/c1-5-11-13-8-10(4)12(13)6-7-14(11)15-9(2)3/h5-8H,1-2H2,3-4H3. The Bertz CT molecular complexity index is 478. The molecule has 0 nitrogen and oxygen atoms in total. The lowest BCUT2D eigenvalue weighted by Crippen LogP contribution is -2.00. The van der Waals surface area contributed by atoms with Gasteiger partial charge in [-0.15, -0.1) is 0 Å². The van der Waals surface area contributed by atoms with Crippen LogP contribution in [-0.2, 0) is 0 Å². The molecule has 0 aromatic heterocycles. The van der Waals surface area contributed by atoms with Crippen LogP contribution in [0.15, 0.2) is 35.1 Å². The Kier molecular flexibility index (Phi) is 2.57. The topological polar surface area (TPSA) is 0 Å². The average Bonchev–Trinajstić information content (AvgIpc) is 2.16. The third-order valence-electron chi connectivity index (χ3n) is 2.52. The molecular weight excluding hydrogens is 200 g/mol. The molecule has 1 heteroatoms. The Balaban J connectivity index is 2.48. The second-order valence-electron chi connectivity index (χ2n) is 3.77. The SMILES string of the molecule is C=Cc1c(SC(=C)C)ccc2c1C=C2C. The number of thioether (sulfide) groups is 1. The summed E-state index contributed by atoms with van der Waals surface area (Å²) in [5, 5.41) is 0. The number of hydrogen-bond acceptors (Lipinski definition) is 1. The van der Waals surface area contributed by atoms with Crippen molar-refractivity contribution in [2.45, 2.75) is 18.7 Å². The van der Waals surface area contributed by atoms with Gasteiger partial charge >= 0.3 is 0 Å². The minimum Gasteiger partial charge on any atom is -0.0984 e. The first-order valence-corrected chi connectivity index (χ1v) is 5.76. The number of rotatable bonds is 3. The number of fused-ring (bicyclic) bond motifs is 1. The summed E-state index contributed by atoms with van der Waals surface area (Å²) in [7, 11) is 0. The van der Waals surface area contributed by atoms with Crippen molar-refractivity contribution >= 4 is 29.5 Å². The van der Waals surface area contributed by atoms with Crippen molar-refractivity contribution in [1.29, 1.82) is 0 Å². The van der Waals surface area contributed by atoms with E-state index in [1.54, 1.807) is 11.8 Å². The molecule has 1 aliphatic rings. The van der Waals surface area contributed by atoms with Crippen LogP contribution < -0.4 is 0 Å². The summed E-state index contributed by atoms with van der Waals surface area (Å²) in [6.07, 6.45) is 4.15. The van der Waals surface area contributed by atoms with Gasteiger partial charge in [-0.25, -0.2) is 0 Å². The zero-order chi connectivity index (χ0) is 11.0. The Morgan fingerprint density at radius 3 is 2.67 bits per heavy atom. The van der Waals surface area contributed by atoms with E-state index in [0.717, 1.165) is 4.91 Å². The first-order chi connectivity index (χ1) is 7.13. The number of benzene rings is 1. The quantitative estimate of drug-likeness (QED) is 0.649. The van der Waals surface area contributed by atoms with Crippen LogP contribution in [0.25, 0.3) is 17.7 Å². The maximum Gasteiger partial charge on any atom is 0.0197 e. The molecule has 1 aromatic rings. The summed E-state index contributed by atoms with van der Waals surface area (Å²) in [5.41, 5.74) is 5.29. The highest BCUT2D eigenvalue weighted by molar-refractivity contribution is 8.03. The van der Waals surface area contributed by atoms with E-state index in [4.69, 9.17) is 0 Å². The second-order valence-corrected chi connectivity index (χ2v) is 5.12. The molecule has 1 aliphatic carbocycles. The van der Waals surface area contributed by atoms with E-state index in [-0.39, 0.29) is 0 Å². The maximum absolute atomic E-state index is 3.92. The molecule has 2 rings (SSSR count). The molecule has 0 atom stereocenters. The summed E-state index contributed by atoms with van der Waals surface area (Å²) in [4.78, 5) is 2.36. The van der Waals surface area contributed by atoms with Crippen LogP contribution in [0.1, 0.15) is 30.5 Å². The molecule has 0 fully saturated rings. The summed E-state index contributed by atoms with van der Waals surface area (Å²) >= 11 is 1.71. The number of hydrogen-bond donors (Lipinski definition) is 0. The molecule has 0 saturated heterocycles. The molecule has 0 heterocycles. The Morgan fingerprint density at radius 2 is 2.13 bits per heavy atom. The van der Waals surface area contributed by atoms with E-state index in [1.165, 1.54) is 27.2 Å². The average molecular weight is 214 g/mol. The van der Waals surface area contributed by atoms with Crippen molar-refractivity contribution in [2.24, 2.45) is 0 Å². The van der Waals surface area contributed by atoms with Crippen LogP contribution in [0, 0.1) is 0 Å². The molecule has 0 saturated carbocycles. The molecule has 0 radical (unpaired) electrons. The fraction of sp³-hybridized carbons (Fsp3) is 0.143. The molecule has 1 aromatic carbocycles. The van der Waals surface area contributed by atoms with Gasteiger partial charge in [0.25, 0.3) is 0 Å². The molecular formula is C14H14S. The normalized spacial score (nSPS) is 12.5. The fourth-order valence-electron chi connectivity index (χ4n) is 1.82. The molecule has 0 spiro atoms. The van der Waals surface area contributed by atoms with Gasteiger partial charge < -0.3 is 0 Å². The van der Waals surface area contributed by atoms with E-state index in [2.05, 4.69) is 38.3 Å². The van der Waals surface area contributed by atoms with Gasteiger partial charge in [-0.05, 0) is 47.1 Å². The summed E-state index contributed by atoms with van der Waals surface area (Å²) in [6, 6.07) is 4.34. The van der Waals surface area contributed by atoms with E-state index in [9.17, 15) is 0 Å². The zero-order valence-electron chi connectivity index (χ0n) is 9.13. The lowest BCUT2D eigenvalue weighted by molar-refractivity contribution is 1.35. The predicted molar refractivity (Wildman–Crippen MR) is 70.7 cm³/mol. The highest BCUT2D eigenvalue weighted by Crippen LogP contribution is 2.40. The van der Waals surface area contributed by atoms with Gasteiger partial charge in [0.05, 0.1) is 0 Å². The van der Waals surface area contributed by atoms with Gasteiger partial charge in [0.1, 0.15) is 0 Å². The molecule has 0 amide bonds. The maximum atomic E-state index is 3.92. The van der Waals surface area contributed by atoms with Gasteiger partial charge in [-0.3, -0.25) is 0 Å². The van der Waals surface area contributed by atoms with Crippen LogP contribution in [0.3, 0.4) is 0 Å². The highest BCUT2D eigenvalue weighted by atomic mass is 32.2. The van der Waals surface area contributed by atoms with Crippen molar-refractivity contribution in [3.63, 3.8) is 0 Å². The summed E-state index contributed by atoms with van der Waals surface area (Å²) in [5.74, 6) is 0. The van der Waals surface area contributed by atoms with Gasteiger partial charge in [-0.2, -0.15) is 0 Å². The fourth-order valence-corrected chi connectivity index (χ4v) is 2.63. The van der Waals surface area contributed by atoms with Crippen LogP contribution in [-0.4, -0.2) is 0 Å². The van der Waals surface area contributed by atoms with E-state index in [0.29, 0.717) is 0 Å². The van der Waals surface area contributed by atoms with Crippen LogP contribution >= 0.6 is 11.8 Å². The Hall–Kier alpha value is -1.21. The van der Waals surface area contributed by atoms with Crippen LogP contribution in [0.5, 0.6) is 0 Å². The highest BCUT2D eigenvalue weighted by Gasteiger charge is 2.17. The lowest BCUT2D eigenvalue weighted by Gasteiger charge is -2.21. The van der Waals surface area contributed by atoms with Crippen molar-refractivity contribution in [3.05, 3.63) is 46.9 Å². The summed E-state index contributed by atoms with van der Waals surface area (Å²) in [6.45, 7) is 12.0. The van der Waals surface area contributed by atoms with Crippen LogP contribution in [0.4, 0.5) is 0 Å². The largest absolute Gasteiger partial charge is 0.0984 e. The predicted octanol–water partition coefficient (Wildman–Crippen LogP) is 4.83. The Morgan fingerprint density at radius 1 is 1.40 bits per heavy atom. The monoisotopic (exact) mass is 214 g/mol. The third kappa shape index (κ3) is 1.68. The lowest BCUT2D eigenvalue weighted by atomic mass is 9.86. The van der Waals surface area contributed by atoms with Crippen molar-refractivity contribution < 1.29 is 0 Å². The minimum absolute atomic E-state index is 1.11. The van der Waals surface area contributed by atoms with E-state index >= 15 is 0 Å². The molecule has 15 heavy (non-hydrogen) atoms. The van der Waals surface area contributed by atoms with Gasteiger partial charge in [-0.1, -0.05) is 43.1 Å². The van der Waals surface area contributed by atoms with Gasteiger partial charge in [0.15, 0.2) is 0 Å². The minimum atomic E-state index is 1.11. The van der Waals surface area contributed by atoms with Gasteiger partial charge in [0, 0.05) is 4.90 Å². The third-order valence-corrected chi connectivity index (χ3v) is 3.45. The zero-order valence-corrected chi connectivity index (χ0v) is 9.95. The van der Waals surface area contributed by atoms with Crippen LogP contribution in [0.2, 0.25) is 0 Å². The van der Waals surface area contributed by atoms with Crippen molar-refractivity contribution in [2.75, 3.05) is 0 Å². The second kappa shape index (κ2) is 3.74. The van der Waals surface area contributed by atoms with E-state index in [1.807, 2.05) is 13.0 Å². The smallest absolute Gasteiger partial charge is 0.0197 e. The Labute approximate surface area is 95.4 Å². The molecule has 0 bridgehead atoms. The molecule has 0 N–H and O–H groups in total. The first kappa shape index (κ1) is 10.3. The van der Waals surface area contributed by atoms with Gasteiger partial charge in [0.2, 0.25) is 0 Å². The summed E-state index contributed by atoms with van der Waals surface area (Å²) < 4.78 is 0. The van der Waals surface area contributed by atoms with E-state index < -0.39 is 0 Å².